The van der Waals surface area contributed by atoms with Gasteiger partial charge in [0.05, 0.1) is 14.1 Å². The lowest BCUT2D eigenvalue weighted by molar-refractivity contribution is -0.872. The maximum Gasteiger partial charge on any atom is 0.261 e. The Morgan fingerprint density at radius 1 is 1.12 bits per heavy atom. The zero-order valence-corrected chi connectivity index (χ0v) is 15.9. The first kappa shape index (κ1) is 18.5. The quantitative estimate of drug-likeness (QED) is 0.759. The summed E-state index contributed by atoms with van der Waals surface area (Å²) in [6.07, 6.45) is -0.544. The van der Waals surface area contributed by atoms with Crippen LogP contribution in [-0.4, -0.2) is 26.1 Å². The maximum atomic E-state index is 12.3. The summed E-state index contributed by atoms with van der Waals surface area (Å²) in [6.45, 7) is 3.20. The molecule has 0 aromatic heterocycles. The van der Waals surface area contributed by atoms with E-state index in [0.29, 0.717) is 12.3 Å². The molecule has 0 saturated carbocycles. The van der Waals surface area contributed by atoms with Crippen LogP contribution in [0.15, 0.2) is 53.0 Å². The van der Waals surface area contributed by atoms with Gasteiger partial charge in [-0.3, -0.25) is 4.79 Å². The summed E-state index contributed by atoms with van der Waals surface area (Å²) in [4.78, 5) is 13.6. The summed E-state index contributed by atoms with van der Waals surface area (Å²) in [5.74, 6) is 0.558. The van der Waals surface area contributed by atoms with Gasteiger partial charge in [-0.15, -0.1) is 0 Å². The summed E-state index contributed by atoms with van der Waals surface area (Å²) < 4.78 is 6.66. The van der Waals surface area contributed by atoms with Crippen LogP contribution in [0.4, 0.5) is 0 Å². The zero-order chi connectivity index (χ0) is 17.5. The van der Waals surface area contributed by atoms with Gasteiger partial charge in [0.2, 0.25) is 0 Å². The van der Waals surface area contributed by atoms with Gasteiger partial charge in [0.25, 0.3) is 5.91 Å². The predicted octanol–water partition coefficient (Wildman–Crippen LogP) is 2.18. The number of carbonyl (C=O) groups excluding carboxylic acids is 1. The molecule has 1 amide bonds. The fourth-order valence-corrected chi connectivity index (χ4v) is 2.64. The van der Waals surface area contributed by atoms with Crippen LogP contribution in [0, 0.1) is 0 Å². The molecule has 2 aromatic carbocycles. The SMILES string of the molecule is C[C@H](Oc1ccc(Br)cc1)C(=O)NCc1ccccc1C[NH+](C)C. The number of carbonyl (C=O) groups is 1. The summed E-state index contributed by atoms with van der Waals surface area (Å²) >= 11 is 3.38. The van der Waals surface area contributed by atoms with Crippen LogP contribution in [-0.2, 0) is 17.9 Å². The fourth-order valence-electron chi connectivity index (χ4n) is 2.38. The van der Waals surface area contributed by atoms with Crippen LogP contribution in [0.2, 0.25) is 0 Å². The van der Waals surface area contributed by atoms with Crippen molar-refractivity contribution >= 4 is 21.8 Å². The Hall–Kier alpha value is -1.85. The molecule has 4 nitrogen and oxygen atoms in total. The zero-order valence-electron chi connectivity index (χ0n) is 14.3. The average molecular weight is 392 g/mol. The molecule has 2 aromatic rings. The fraction of sp³-hybridized carbons (Fsp3) is 0.316. The van der Waals surface area contributed by atoms with Crippen molar-refractivity contribution in [3.05, 3.63) is 64.1 Å². The Morgan fingerprint density at radius 2 is 1.75 bits per heavy atom. The maximum absolute atomic E-state index is 12.3. The van der Waals surface area contributed by atoms with Gasteiger partial charge in [0.1, 0.15) is 12.3 Å². The molecule has 0 bridgehead atoms. The molecule has 0 aliphatic carbocycles. The van der Waals surface area contributed by atoms with Crippen molar-refractivity contribution in [2.24, 2.45) is 0 Å². The number of amides is 1. The van der Waals surface area contributed by atoms with E-state index < -0.39 is 6.10 Å². The standard InChI is InChI=1S/C19H23BrN2O2/c1-14(24-18-10-8-17(20)9-11-18)19(23)21-12-15-6-4-5-7-16(15)13-22(2)3/h4-11,14H,12-13H2,1-3H3,(H,21,23)/p+1/t14-/m0/s1. The third-order valence-corrected chi connectivity index (χ3v) is 4.14. The molecule has 0 saturated heterocycles. The first-order chi connectivity index (χ1) is 11.5. The highest BCUT2D eigenvalue weighted by molar-refractivity contribution is 9.10. The summed E-state index contributed by atoms with van der Waals surface area (Å²) in [6, 6.07) is 15.6. The normalized spacial score (nSPS) is 12.0. The molecule has 0 heterocycles. The second-order valence-corrected chi connectivity index (χ2v) is 7.00. The van der Waals surface area contributed by atoms with Crippen LogP contribution in [0.25, 0.3) is 0 Å². The molecule has 0 fully saturated rings. The topological polar surface area (TPSA) is 42.8 Å². The van der Waals surface area contributed by atoms with Crippen molar-refractivity contribution in [1.29, 1.82) is 0 Å². The number of ether oxygens (including phenoxy) is 1. The minimum atomic E-state index is -0.544. The van der Waals surface area contributed by atoms with Gasteiger partial charge in [-0.2, -0.15) is 0 Å². The van der Waals surface area contributed by atoms with E-state index in [9.17, 15) is 4.79 Å². The van der Waals surface area contributed by atoms with Gasteiger partial charge in [-0.25, -0.2) is 0 Å². The summed E-state index contributed by atoms with van der Waals surface area (Å²) in [5, 5.41) is 2.96. The van der Waals surface area contributed by atoms with Crippen molar-refractivity contribution < 1.29 is 14.4 Å². The second kappa shape index (κ2) is 8.85. The van der Waals surface area contributed by atoms with E-state index in [1.807, 2.05) is 36.4 Å². The molecule has 0 unspecified atom stereocenters. The van der Waals surface area contributed by atoms with Crippen LogP contribution < -0.4 is 15.0 Å². The largest absolute Gasteiger partial charge is 0.481 e. The number of halogens is 1. The second-order valence-electron chi connectivity index (χ2n) is 6.08. The van der Waals surface area contributed by atoms with Gasteiger partial charge < -0.3 is 15.0 Å². The van der Waals surface area contributed by atoms with E-state index in [1.54, 1.807) is 6.92 Å². The Labute approximate surface area is 151 Å². The first-order valence-electron chi connectivity index (χ1n) is 8.01. The molecule has 2 N–H and O–H groups in total. The molecule has 0 radical (unpaired) electrons. The predicted molar refractivity (Wildman–Crippen MR) is 99.0 cm³/mol. The number of rotatable bonds is 7. The third-order valence-electron chi connectivity index (χ3n) is 3.61. The van der Waals surface area contributed by atoms with Gasteiger partial charge in [0.15, 0.2) is 6.10 Å². The Kier molecular flexibility index (Phi) is 6.82. The number of nitrogens with one attached hydrogen (secondary N) is 2. The van der Waals surface area contributed by atoms with E-state index in [0.717, 1.165) is 16.6 Å². The Bertz CT molecular complexity index is 671. The lowest BCUT2D eigenvalue weighted by atomic mass is 10.1. The molecule has 1 atom stereocenters. The number of benzene rings is 2. The molecule has 24 heavy (non-hydrogen) atoms. The molecular weight excluding hydrogens is 368 g/mol. The lowest BCUT2D eigenvalue weighted by Crippen LogP contribution is -3.04. The highest BCUT2D eigenvalue weighted by atomic mass is 79.9. The molecular formula is C19H24BrN2O2+. The molecule has 0 aliphatic rings. The molecule has 0 aliphatic heterocycles. The summed E-state index contributed by atoms with van der Waals surface area (Å²) in [7, 11) is 4.23. The summed E-state index contributed by atoms with van der Waals surface area (Å²) in [5.41, 5.74) is 2.39. The van der Waals surface area contributed by atoms with E-state index in [1.165, 1.54) is 10.5 Å². The minimum Gasteiger partial charge on any atom is -0.481 e. The Balaban J connectivity index is 1.91. The average Bonchev–Trinajstić information content (AvgIpc) is 2.55. The smallest absolute Gasteiger partial charge is 0.261 e. The van der Waals surface area contributed by atoms with Gasteiger partial charge in [0, 0.05) is 16.6 Å². The highest BCUT2D eigenvalue weighted by Gasteiger charge is 2.15. The number of hydrogen-bond donors (Lipinski definition) is 2. The third kappa shape index (κ3) is 5.65. The molecule has 0 spiro atoms. The van der Waals surface area contributed by atoms with Gasteiger partial charge in [-0.05, 0) is 36.8 Å². The minimum absolute atomic E-state index is 0.120. The van der Waals surface area contributed by atoms with Crippen LogP contribution in [0.3, 0.4) is 0 Å². The lowest BCUT2D eigenvalue weighted by Gasteiger charge is -2.16. The van der Waals surface area contributed by atoms with Crippen LogP contribution in [0.5, 0.6) is 5.75 Å². The first-order valence-corrected chi connectivity index (χ1v) is 8.80. The van der Waals surface area contributed by atoms with Crippen molar-refractivity contribution in [3.8, 4) is 5.75 Å². The number of hydrogen-bond acceptors (Lipinski definition) is 2. The van der Waals surface area contributed by atoms with Crippen LogP contribution in [0.1, 0.15) is 18.1 Å². The van der Waals surface area contributed by atoms with Gasteiger partial charge in [-0.1, -0.05) is 40.2 Å². The molecule has 5 heteroatoms. The van der Waals surface area contributed by atoms with Crippen molar-refractivity contribution in [1.82, 2.24) is 5.32 Å². The Morgan fingerprint density at radius 3 is 2.38 bits per heavy atom. The highest BCUT2D eigenvalue weighted by Crippen LogP contribution is 2.17. The van der Waals surface area contributed by atoms with Crippen LogP contribution >= 0.6 is 15.9 Å². The van der Waals surface area contributed by atoms with E-state index in [2.05, 4.69) is 47.5 Å². The van der Waals surface area contributed by atoms with Gasteiger partial charge >= 0.3 is 0 Å². The van der Waals surface area contributed by atoms with E-state index in [-0.39, 0.29) is 5.91 Å². The molecule has 128 valence electrons. The van der Waals surface area contributed by atoms with Crippen molar-refractivity contribution in [3.63, 3.8) is 0 Å². The van der Waals surface area contributed by atoms with Crippen molar-refractivity contribution in [2.75, 3.05) is 14.1 Å². The van der Waals surface area contributed by atoms with E-state index >= 15 is 0 Å². The molecule has 2 rings (SSSR count). The number of quaternary nitrogens is 1. The van der Waals surface area contributed by atoms with E-state index in [4.69, 9.17) is 4.74 Å². The van der Waals surface area contributed by atoms with Crippen molar-refractivity contribution in [2.45, 2.75) is 26.1 Å². The monoisotopic (exact) mass is 391 g/mol.